The minimum atomic E-state index is -0.829. The molecule has 4 N–H and O–H groups in total. The van der Waals surface area contributed by atoms with Gasteiger partial charge in [0.05, 0.1) is 12.5 Å². The van der Waals surface area contributed by atoms with Crippen molar-refractivity contribution >= 4 is 23.3 Å². The van der Waals surface area contributed by atoms with Crippen LogP contribution in [0.4, 0.5) is 5.69 Å². The maximum atomic E-state index is 10.8. The summed E-state index contributed by atoms with van der Waals surface area (Å²) < 4.78 is 0. The second kappa shape index (κ2) is 9.57. The molecule has 2 unspecified atom stereocenters. The van der Waals surface area contributed by atoms with Crippen molar-refractivity contribution in [3.63, 3.8) is 0 Å². The van der Waals surface area contributed by atoms with Crippen molar-refractivity contribution in [3.05, 3.63) is 64.2 Å². The molecule has 6 heteroatoms. The van der Waals surface area contributed by atoms with Crippen LogP contribution in [-0.2, 0) is 11.2 Å². The van der Waals surface area contributed by atoms with E-state index in [4.69, 9.17) is 16.7 Å². The molecule has 0 aliphatic carbocycles. The van der Waals surface area contributed by atoms with Crippen molar-refractivity contribution in [2.75, 3.05) is 18.4 Å². The average Bonchev–Trinajstić information content (AvgIpc) is 2.59. The summed E-state index contributed by atoms with van der Waals surface area (Å²) in [6.07, 6.45) is -0.584. The Balaban J connectivity index is 1.80. The Morgan fingerprint density at radius 2 is 1.96 bits per heavy atom. The van der Waals surface area contributed by atoms with Crippen LogP contribution in [0.25, 0.3) is 0 Å². The predicted molar refractivity (Wildman–Crippen MR) is 105 cm³/mol. The Morgan fingerprint density at radius 1 is 1.19 bits per heavy atom. The first-order valence-corrected chi connectivity index (χ1v) is 8.95. The molecule has 0 amide bonds. The molecule has 2 aromatic carbocycles. The summed E-state index contributed by atoms with van der Waals surface area (Å²) in [5, 5.41) is 26.3. The minimum Gasteiger partial charge on any atom is -0.481 e. The van der Waals surface area contributed by atoms with E-state index in [1.807, 2.05) is 44.2 Å². The van der Waals surface area contributed by atoms with Gasteiger partial charge in [-0.1, -0.05) is 29.8 Å². The van der Waals surface area contributed by atoms with Gasteiger partial charge in [0.2, 0.25) is 0 Å². The molecule has 140 valence electrons. The number of carbonyl (C=O) groups is 1. The highest BCUT2D eigenvalue weighted by molar-refractivity contribution is 6.30. The van der Waals surface area contributed by atoms with Gasteiger partial charge in [-0.05, 0) is 54.8 Å². The van der Waals surface area contributed by atoms with E-state index in [0.717, 1.165) is 22.4 Å². The van der Waals surface area contributed by atoms with Crippen molar-refractivity contribution in [3.8, 4) is 0 Å². The lowest BCUT2D eigenvalue weighted by atomic mass is 10.0. The van der Waals surface area contributed by atoms with Crippen LogP contribution < -0.4 is 10.6 Å². The van der Waals surface area contributed by atoms with E-state index in [-0.39, 0.29) is 12.5 Å². The molecule has 0 aromatic heterocycles. The lowest BCUT2D eigenvalue weighted by Crippen LogP contribution is -2.35. The van der Waals surface area contributed by atoms with Crippen LogP contribution in [0.5, 0.6) is 0 Å². The van der Waals surface area contributed by atoms with Gasteiger partial charge in [-0.25, -0.2) is 0 Å². The molecule has 2 atom stereocenters. The zero-order chi connectivity index (χ0) is 19.1. The fourth-order valence-corrected chi connectivity index (χ4v) is 2.85. The summed E-state index contributed by atoms with van der Waals surface area (Å²) >= 11 is 5.95. The van der Waals surface area contributed by atoms with E-state index in [2.05, 4.69) is 10.6 Å². The number of carboxylic acid groups (broad SMARTS) is 1. The molecule has 0 spiro atoms. The summed E-state index contributed by atoms with van der Waals surface area (Å²) in [6.45, 7) is 5.05. The molecule has 0 aliphatic heterocycles. The van der Waals surface area contributed by atoms with E-state index in [1.165, 1.54) is 0 Å². The third-order valence-electron chi connectivity index (χ3n) is 4.19. The van der Waals surface area contributed by atoms with Gasteiger partial charge in [-0.15, -0.1) is 0 Å². The van der Waals surface area contributed by atoms with Gasteiger partial charge in [-0.2, -0.15) is 0 Å². The lowest BCUT2D eigenvalue weighted by Gasteiger charge is -2.19. The molecule has 2 rings (SSSR count). The Labute approximate surface area is 159 Å². The van der Waals surface area contributed by atoms with Gasteiger partial charge >= 0.3 is 5.97 Å². The van der Waals surface area contributed by atoms with E-state index >= 15 is 0 Å². The first-order valence-electron chi connectivity index (χ1n) is 8.57. The number of hydrogen-bond acceptors (Lipinski definition) is 4. The molecule has 0 fully saturated rings. The molecule has 0 saturated heterocycles. The summed E-state index contributed by atoms with van der Waals surface area (Å²) in [6, 6.07) is 13.0. The molecule has 0 radical (unpaired) electrons. The zero-order valence-electron chi connectivity index (χ0n) is 15.0. The monoisotopic (exact) mass is 376 g/mol. The largest absolute Gasteiger partial charge is 0.481 e. The summed E-state index contributed by atoms with van der Waals surface area (Å²) in [4.78, 5) is 10.8. The van der Waals surface area contributed by atoms with Crippen LogP contribution >= 0.6 is 11.6 Å². The SMILES string of the molecule is Cc1cc(NCC(C)NCC(O)c2cccc(Cl)c2)ccc1CC(=O)O. The molecular formula is C20H25ClN2O3. The Hall–Kier alpha value is -2.08. The molecule has 5 nitrogen and oxygen atoms in total. The molecular weight excluding hydrogens is 352 g/mol. The molecule has 0 heterocycles. The topological polar surface area (TPSA) is 81.6 Å². The minimum absolute atomic E-state index is 0.0332. The van der Waals surface area contributed by atoms with Gasteiger partial charge < -0.3 is 20.8 Å². The Morgan fingerprint density at radius 3 is 2.62 bits per heavy atom. The molecule has 0 saturated carbocycles. The molecule has 2 aromatic rings. The first kappa shape index (κ1) is 20.2. The van der Waals surface area contributed by atoms with Gasteiger partial charge in [0.1, 0.15) is 0 Å². The third-order valence-corrected chi connectivity index (χ3v) is 4.42. The lowest BCUT2D eigenvalue weighted by molar-refractivity contribution is -0.136. The highest BCUT2D eigenvalue weighted by Crippen LogP contribution is 2.18. The van der Waals surface area contributed by atoms with Gasteiger partial charge in [-0.3, -0.25) is 4.79 Å². The van der Waals surface area contributed by atoms with E-state index in [0.29, 0.717) is 18.1 Å². The Bertz CT molecular complexity index is 752. The molecule has 0 aliphatic rings. The number of aliphatic carboxylic acids is 1. The van der Waals surface area contributed by atoms with Gasteiger partial charge in [0, 0.05) is 29.8 Å². The van der Waals surface area contributed by atoms with Crippen LogP contribution in [0.3, 0.4) is 0 Å². The third kappa shape index (κ3) is 6.33. The fraction of sp³-hybridized carbons (Fsp3) is 0.350. The predicted octanol–water partition coefficient (Wildman–Crippen LogP) is 3.40. The van der Waals surface area contributed by atoms with Crippen molar-refractivity contribution in [2.45, 2.75) is 32.4 Å². The number of carboxylic acids is 1. The molecule has 0 bridgehead atoms. The summed E-state index contributed by atoms with van der Waals surface area (Å²) in [7, 11) is 0. The Kier molecular flexibility index (Phi) is 7.45. The fourth-order valence-electron chi connectivity index (χ4n) is 2.65. The number of hydrogen-bond donors (Lipinski definition) is 4. The number of rotatable bonds is 9. The number of anilines is 1. The van der Waals surface area contributed by atoms with Crippen LogP contribution in [0.1, 0.15) is 29.7 Å². The quantitative estimate of drug-likeness (QED) is 0.539. The highest BCUT2D eigenvalue weighted by atomic mass is 35.5. The zero-order valence-corrected chi connectivity index (χ0v) is 15.8. The number of nitrogens with one attached hydrogen (secondary N) is 2. The van der Waals surface area contributed by atoms with Crippen molar-refractivity contribution in [1.82, 2.24) is 5.32 Å². The van der Waals surface area contributed by atoms with Crippen molar-refractivity contribution < 1.29 is 15.0 Å². The van der Waals surface area contributed by atoms with Gasteiger partial charge in [0.25, 0.3) is 0 Å². The van der Waals surface area contributed by atoms with E-state index in [1.54, 1.807) is 12.1 Å². The summed E-state index contributed by atoms with van der Waals surface area (Å²) in [5.74, 6) is -0.829. The number of aliphatic hydroxyl groups is 1. The van der Waals surface area contributed by atoms with Crippen molar-refractivity contribution in [1.29, 1.82) is 0 Å². The number of aliphatic hydroxyl groups excluding tert-OH is 1. The van der Waals surface area contributed by atoms with Crippen LogP contribution in [0, 0.1) is 6.92 Å². The molecule has 26 heavy (non-hydrogen) atoms. The van der Waals surface area contributed by atoms with Crippen LogP contribution in [-0.4, -0.2) is 35.3 Å². The number of halogens is 1. The van der Waals surface area contributed by atoms with E-state index < -0.39 is 12.1 Å². The second-order valence-electron chi connectivity index (χ2n) is 6.47. The standard InChI is InChI=1S/C20H25ClN2O3/c1-13-8-18(7-6-15(13)10-20(25)26)23-11-14(2)22-12-19(24)16-4-3-5-17(21)9-16/h3-9,14,19,22-24H,10-12H2,1-2H3,(H,25,26). The average molecular weight is 377 g/mol. The normalized spacial score (nSPS) is 13.2. The number of benzene rings is 2. The summed E-state index contributed by atoms with van der Waals surface area (Å²) in [5.41, 5.74) is 3.50. The smallest absolute Gasteiger partial charge is 0.307 e. The maximum absolute atomic E-state index is 10.8. The number of aryl methyl sites for hydroxylation is 1. The van der Waals surface area contributed by atoms with Crippen molar-refractivity contribution in [2.24, 2.45) is 0 Å². The van der Waals surface area contributed by atoms with Crippen LogP contribution in [0.2, 0.25) is 5.02 Å². The maximum Gasteiger partial charge on any atom is 0.307 e. The highest BCUT2D eigenvalue weighted by Gasteiger charge is 2.10. The van der Waals surface area contributed by atoms with Gasteiger partial charge in [0.15, 0.2) is 0 Å². The first-order chi connectivity index (χ1) is 12.3. The second-order valence-corrected chi connectivity index (χ2v) is 6.91. The van der Waals surface area contributed by atoms with Crippen LogP contribution in [0.15, 0.2) is 42.5 Å². The van der Waals surface area contributed by atoms with E-state index in [9.17, 15) is 9.90 Å².